The summed E-state index contributed by atoms with van der Waals surface area (Å²) in [4.78, 5) is 10.2. The molecule has 3 heteroatoms. The molecule has 1 aromatic carbocycles. The highest BCUT2D eigenvalue weighted by Crippen LogP contribution is 2.42. The van der Waals surface area contributed by atoms with Crippen LogP contribution < -0.4 is 9.78 Å². The topological polar surface area (TPSA) is 18.5 Å². The predicted octanol–water partition coefficient (Wildman–Crippen LogP) is 3.10. The van der Waals surface area contributed by atoms with E-state index in [2.05, 4.69) is 5.38 Å². The number of fused-ring (bicyclic) bond motifs is 3. The summed E-state index contributed by atoms with van der Waals surface area (Å²) < 4.78 is 0. The normalized spacial score (nSPS) is 12.3. The van der Waals surface area contributed by atoms with Crippen molar-refractivity contribution in [3.8, 4) is 22.6 Å². The first-order chi connectivity index (χ1) is 6.45. The molecule has 0 amide bonds. The van der Waals surface area contributed by atoms with Gasteiger partial charge in [-0.25, -0.2) is 0 Å². The second-order valence-electron chi connectivity index (χ2n) is 2.81. The summed E-state index contributed by atoms with van der Waals surface area (Å²) in [6, 6.07) is 7.86. The molecule has 0 aliphatic carbocycles. The van der Waals surface area contributed by atoms with Gasteiger partial charge in [0.1, 0.15) is 0 Å². The smallest absolute Gasteiger partial charge is 0.197 e. The third kappa shape index (κ3) is 0.939. The Morgan fingerprint density at radius 1 is 0.846 bits per heavy atom. The van der Waals surface area contributed by atoms with E-state index in [9.17, 15) is 0 Å². The quantitative estimate of drug-likeness (QED) is 0.594. The molecule has 0 N–H and O–H groups in total. The molecule has 64 valence electrons. The van der Waals surface area contributed by atoms with Crippen molar-refractivity contribution >= 4 is 11.3 Å². The minimum Gasteiger partial charge on any atom is -0.289 e. The zero-order chi connectivity index (χ0) is 8.67. The lowest BCUT2D eigenvalue weighted by Crippen LogP contribution is -2.05. The van der Waals surface area contributed by atoms with Crippen molar-refractivity contribution in [3.63, 3.8) is 0 Å². The molecule has 0 fully saturated rings. The predicted molar refractivity (Wildman–Crippen MR) is 51.0 cm³/mol. The minimum absolute atomic E-state index is 0.786. The first kappa shape index (κ1) is 6.97. The Morgan fingerprint density at radius 3 is 2.69 bits per heavy atom. The third-order valence-electron chi connectivity index (χ3n) is 2.02. The van der Waals surface area contributed by atoms with Crippen molar-refractivity contribution in [2.45, 2.75) is 0 Å². The van der Waals surface area contributed by atoms with E-state index < -0.39 is 0 Å². The molecule has 0 atom stereocenters. The lowest BCUT2D eigenvalue weighted by atomic mass is 10.1. The van der Waals surface area contributed by atoms with Crippen LogP contribution in [0.1, 0.15) is 0 Å². The average Bonchev–Trinajstić information content (AvgIpc) is 2.65. The van der Waals surface area contributed by atoms with Gasteiger partial charge in [0.25, 0.3) is 0 Å². The van der Waals surface area contributed by atoms with Crippen LogP contribution >= 0.6 is 11.3 Å². The van der Waals surface area contributed by atoms with Crippen LogP contribution in [0.4, 0.5) is 0 Å². The van der Waals surface area contributed by atoms with Crippen LogP contribution in [0.15, 0.2) is 35.0 Å². The molecule has 13 heavy (non-hydrogen) atoms. The molecule has 1 aromatic heterocycles. The van der Waals surface area contributed by atoms with Gasteiger partial charge >= 0.3 is 0 Å². The lowest BCUT2D eigenvalue weighted by molar-refractivity contribution is -0.102. The molecule has 0 radical (unpaired) electrons. The fourth-order valence-corrected chi connectivity index (χ4v) is 2.13. The molecule has 1 aliphatic rings. The van der Waals surface area contributed by atoms with E-state index in [0.29, 0.717) is 0 Å². The second-order valence-corrected chi connectivity index (χ2v) is 3.56. The Kier molecular flexibility index (Phi) is 1.34. The van der Waals surface area contributed by atoms with Gasteiger partial charge in [-0.3, -0.25) is 9.78 Å². The Balaban J connectivity index is 2.30. The van der Waals surface area contributed by atoms with Gasteiger partial charge in [-0.15, -0.1) is 11.3 Å². The summed E-state index contributed by atoms with van der Waals surface area (Å²) in [7, 11) is 0. The number of hydrogen-bond donors (Lipinski definition) is 0. The third-order valence-corrected chi connectivity index (χ3v) is 2.75. The Labute approximate surface area is 79.3 Å². The van der Waals surface area contributed by atoms with Crippen LogP contribution in [0.3, 0.4) is 0 Å². The molecule has 2 heterocycles. The monoisotopic (exact) mass is 190 g/mol. The molecule has 0 bridgehead atoms. The fourth-order valence-electron chi connectivity index (χ4n) is 1.40. The molecular weight excluding hydrogens is 184 g/mol. The molecule has 2 nitrogen and oxygen atoms in total. The van der Waals surface area contributed by atoms with Crippen molar-refractivity contribution < 1.29 is 9.78 Å². The molecule has 0 spiro atoms. The average molecular weight is 190 g/mol. The van der Waals surface area contributed by atoms with Crippen LogP contribution in [-0.4, -0.2) is 0 Å². The molecule has 3 rings (SSSR count). The Hall–Kier alpha value is -1.48. The SMILES string of the molecule is c1ccc2c(c1)OOc1cscc1-2. The maximum absolute atomic E-state index is 5.11. The van der Waals surface area contributed by atoms with E-state index in [0.717, 1.165) is 22.6 Å². The van der Waals surface area contributed by atoms with Gasteiger partial charge in [0.2, 0.25) is 0 Å². The van der Waals surface area contributed by atoms with Gasteiger partial charge in [-0.2, -0.15) is 0 Å². The highest BCUT2D eigenvalue weighted by atomic mass is 32.1. The zero-order valence-electron chi connectivity index (χ0n) is 6.69. The molecular formula is C10H6O2S. The molecule has 1 aliphatic heterocycles. The van der Waals surface area contributed by atoms with Gasteiger partial charge in [-0.05, 0) is 6.07 Å². The highest BCUT2D eigenvalue weighted by Gasteiger charge is 2.19. The van der Waals surface area contributed by atoms with Gasteiger partial charge in [0, 0.05) is 21.9 Å². The van der Waals surface area contributed by atoms with E-state index in [1.807, 2.05) is 29.6 Å². The number of benzene rings is 1. The summed E-state index contributed by atoms with van der Waals surface area (Å²) in [6.07, 6.45) is 0. The Bertz CT molecular complexity index is 448. The van der Waals surface area contributed by atoms with Crippen molar-refractivity contribution in [2.24, 2.45) is 0 Å². The minimum atomic E-state index is 0.786. The van der Waals surface area contributed by atoms with Crippen LogP contribution in [0.5, 0.6) is 11.5 Å². The largest absolute Gasteiger partial charge is 0.289 e. The van der Waals surface area contributed by atoms with E-state index in [1.54, 1.807) is 11.3 Å². The van der Waals surface area contributed by atoms with Crippen LogP contribution in [0.2, 0.25) is 0 Å². The van der Waals surface area contributed by atoms with E-state index in [1.165, 1.54) is 0 Å². The summed E-state index contributed by atoms with van der Waals surface area (Å²) >= 11 is 1.61. The molecule has 2 aromatic rings. The Morgan fingerprint density at radius 2 is 1.69 bits per heavy atom. The van der Waals surface area contributed by atoms with Gasteiger partial charge in [-0.1, -0.05) is 18.2 Å². The number of rotatable bonds is 0. The first-order valence-electron chi connectivity index (χ1n) is 3.95. The summed E-state index contributed by atoms with van der Waals surface area (Å²) in [5.74, 6) is 1.59. The lowest BCUT2D eigenvalue weighted by Gasteiger charge is -2.15. The van der Waals surface area contributed by atoms with Gasteiger partial charge < -0.3 is 0 Å². The summed E-state index contributed by atoms with van der Waals surface area (Å²) in [5.41, 5.74) is 2.22. The second kappa shape index (κ2) is 2.50. The van der Waals surface area contributed by atoms with E-state index in [4.69, 9.17) is 9.78 Å². The molecule has 0 unspecified atom stereocenters. The maximum atomic E-state index is 5.11. The van der Waals surface area contributed by atoms with Crippen LogP contribution in [0, 0.1) is 0 Å². The fraction of sp³-hybridized carbons (Fsp3) is 0. The number of thiophene rings is 1. The van der Waals surface area contributed by atoms with Crippen molar-refractivity contribution in [1.82, 2.24) is 0 Å². The van der Waals surface area contributed by atoms with E-state index in [-0.39, 0.29) is 0 Å². The van der Waals surface area contributed by atoms with E-state index >= 15 is 0 Å². The van der Waals surface area contributed by atoms with Crippen molar-refractivity contribution in [3.05, 3.63) is 35.0 Å². The van der Waals surface area contributed by atoms with Gasteiger partial charge in [0.15, 0.2) is 11.5 Å². The standard InChI is InChI=1S/C10H6O2S/c1-2-4-9-7(3-1)8-5-13-6-10(8)12-11-9/h1-6H. The number of para-hydroxylation sites is 1. The molecule has 0 saturated heterocycles. The zero-order valence-corrected chi connectivity index (χ0v) is 7.51. The van der Waals surface area contributed by atoms with Crippen LogP contribution in [-0.2, 0) is 0 Å². The number of hydrogen-bond acceptors (Lipinski definition) is 3. The maximum Gasteiger partial charge on any atom is 0.197 e. The highest BCUT2D eigenvalue weighted by molar-refractivity contribution is 7.08. The van der Waals surface area contributed by atoms with Crippen LogP contribution in [0.25, 0.3) is 11.1 Å². The summed E-state index contributed by atoms with van der Waals surface area (Å²) in [6.45, 7) is 0. The first-order valence-corrected chi connectivity index (χ1v) is 4.89. The molecule has 0 saturated carbocycles. The van der Waals surface area contributed by atoms with Crippen molar-refractivity contribution in [2.75, 3.05) is 0 Å². The van der Waals surface area contributed by atoms with Crippen molar-refractivity contribution in [1.29, 1.82) is 0 Å². The van der Waals surface area contributed by atoms with Gasteiger partial charge in [0.05, 0.1) is 0 Å². The summed E-state index contributed by atoms with van der Waals surface area (Å²) in [5, 5.41) is 4.00.